The Morgan fingerprint density at radius 3 is 2.83 bits per heavy atom. The summed E-state index contributed by atoms with van der Waals surface area (Å²) in [5, 5.41) is 5.00. The van der Waals surface area contributed by atoms with E-state index in [1.165, 1.54) is 12.1 Å². The lowest BCUT2D eigenvalue weighted by molar-refractivity contribution is 0.628. The predicted molar refractivity (Wildman–Crippen MR) is 73.3 cm³/mol. The molecule has 2 heterocycles. The molecule has 5 heteroatoms. The van der Waals surface area contributed by atoms with Crippen molar-refractivity contribution < 1.29 is 4.39 Å². The van der Waals surface area contributed by atoms with Crippen molar-refractivity contribution in [2.24, 2.45) is 0 Å². The Balaban J connectivity index is 2.27. The fraction of sp³-hybridized carbons (Fsp3) is 0. The van der Waals surface area contributed by atoms with E-state index in [9.17, 15) is 4.39 Å². The summed E-state index contributed by atoms with van der Waals surface area (Å²) in [7, 11) is 0. The van der Waals surface area contributed by atoms with Gasteiger partial charge in [0.2, 0.25) is 0 Å². The van der Waals surface area contributed by atoms with Crippen LogP contribution in [-0.4, -0.2) is 9.61 Å². The second kappa shape index (κ2) is 4.37. The molecule has 0 amide bonds. The summed E-state index contributed by atoms with van der Waals surface area (Å²) in [6, 6.07) is 9.99. The van der Waals surface area contributed by atoms with Crippen LogP contribution in [0.3, 0.4) is 0 Å². The van der Waals surface area contributed by atoms with Gasteiger partial charge < -0.3 is 0 Å². The van der Waals surface area contributed by atoms with E-state index in [4.69, 9.17) is 11.6 Å². The van der Waals surface area contributed by atoms with Crippen molar-refractivity contribution >= 4 is 33.0 Å². The molecule has 0 aliphatic rings. The van der Waals surface area contributed by atoms with Crippen molar-refractivity contribution in [1.82, 2.24) is 9.61 Å². The van der Waals surface area contributed by atoms with Crippen LogP contribution in [0.2, 0.25) is 5.02 Å². The molecule has 90 valence electrons. The zero-order valence-corrected chi connectivity index (χ0v) is 11.4. The highest BCUT2D eigenvalue weighted by Gasteiger charge is 2.12. The molecule has 3 aromatic rings. The van der Waals surface area contributed by atoms with E-state index >= 15 is 0 Å². The smallest absolute Gasteiger partial charge is 0.123 e. The zero-order valence-electron chi connectivity index (χ0n) is 9.07. The number of nitrogens with zero attached hydrogens (tertiary/aromatic N) is 2. The molecule has 0 fully saturated rings. The number of hydrogen-bond acceptors (Lipinski definition) is 1. The van der Waals surface area contributed by atoms with Gasteiger partial charge in [-0.1, -0.05) is 23.7 Å². The molecule has 3 rings (SSSR count). The quantitative estimate of drug-likeness (QED) is 0.641. The average Bonchev–Trinajstić information content (AvgIpc) is 2.66. The minimum absolute atomic E-state index is 0.283. The Labute approximate surface area is 116 Å². The van der Waals surface area contributed by atoms with Crippen molar-refractivity contribution in [1.29, 1.82) is 0 Å². The molecule has 0 saturated heterocycles. The Hall–Kier alpha value is -1.39. The van der Waals surface area contributed by atoms with Crippen LogP contribution in [0.15, 0.2) is 47.1 Å². The summed E-state index contributed by atoms with van der Waals surface area (Å²) in [5.74, 6) is -0.283. The highest BCUT2D eigenvalue weighted by Crippen LogP contribution is 2.31. The molecule has 0 saturated carbocycles. The average molecular weight is 326 g/mol. The number of hydrogen-bond donors (Lipinski definition) is 0. The van der Waals surface area contributed by atoms with Crippen LogP contribution in [0.5, 0.6) is 0 Å². The highest BCUT2D eigenvalue weighted by atomic mass is 79.9. The second-order valence-corrected chi connectivity index (χ2v) is 5.08. The first-order chi connectivity index (χ1) is 8.65. The van der Waals surface area contributed by atoms with Gasteiger partial charge in [0.25, 0.3) is 0 Å². The molecule has 0 spiro atoms. The molecule has 0 aliphatic heterocycles. The van der Waals surface area contributed by atoms with Gasteiger partial charge in [-0.05, 0) is 40.2 Å². The first kappa shape index (κ1) is 11.7. The molecule has 2 aromatic heterocycles. The van der Waals surface area contributed by atoms with E-state index in [2.05, 4.69) is 21.0 Å². The van der Waals surface area contributed by atoms with Crippen LogP contribution < -0.4 is 0 Å². The summed E-state index contributed by atoms with van der Waals surface area (Å²) < 4.78 is 15.7. The van der Waals surface area contributed by atoms with Crippen molar-refractivity contribution in [2.45, 2.75) is 0 Å². The SMILES string of the molecule is Fc1cccc(-c2nn3cc(Cl)ccc3c2Br)c1. The van der Waals surface area contributed by atoms with Crippen molar-refractivity contribution in [3.8, 4) is 11.3 Å². The van der Waals surface area contributed by atoms with Crippen LogP contribution in [0.25, 0.3) is 16.8 Å². The number of halogens is 3. The summed E-state index contributed by atoms with van der Waals surface area (Å²) in [4.78, 5) is 0. The number of fused-ring (bicyclic) bond motifs is 1. The van der Waals surface area contributed by atoms with Gasteiger partial charge in [-0.15, -0.1) is 0 Å². The van der Waals surface area contributed by atoms with E-state index in [-0.39, 0.29) is 5.82 Å². The van der Waals surface area contributed by atoms with E-state index in [1.807, 2.05) is 12.1 Å². The minimum Gasteiger partial charge on any atom is -0.238 e. The fourth-order valence-corrected chi connectivity index (χ4v) is 2.59. The summed E-state index contributed by atoms with van der Waals surface area (Å²) in [6.07, 6.45) is 1.71. The lowest BCUT2D eigenvalue weighted by Crippen LogP contribution is -1.86. The van der Waals surface area contributed by atoms with Crippen molar-refractivity contribution in [2.75, 3.05) is 0 Å². The Kier molecular flexibility index (Phi) is 2.84. The van der Waals surface area contributed by atoms with Crippen LogP contribution in [-0.2, 0) is 0 Å². The highest BCUT2D eigenvalue weighted by molar-refractivity contribution is 9.10. The van der Waals surface area contributed by atoms with Crippen molar-refractivity contribution in [3.63, 3.8) is 0 Å². The van der Waals surface area contributed by atoms with Gasteiger partial charge in [0, 0.05) is 11.8 Å². The maximum absolute atomic E-state index is 13.2. The number of pyridine rings is 1. The normalized spacial score (nSPS) is 11.1. The largest absolute Gasteiger partial charge is 0.238 e. The molecular weight excluding hydrogens is 319 g/mol. The minimum atomic E-state index is -0.283. The molecule has 18 heavy (non-hydrogen) atoms. The summed E-state index contributed by atoms with van der Waals surface area (Å²) >= 11 is 9.40. The Morgan fingerprint density at radius 2 is 2.06 bits per heavy atom. The lowest BCUT2D eigenvalue weighted by atomic mass is 10.1. The topological polar surface area (TPSA) is 17.3 Å². The van der Waals surface area contributed by atoms with Crippen molar-refractivity contribution in [3.05, 3.63) is 57.9 Å². The summed E-state index contributed by atoms with van der Waals surface area (Å²) in [5.41, 5.74) is 2.30. The maximum Gasteiger partial charge on any atom is 0.123 e. The molecule has 0 unspecified atom stereocenters. The van der Waals surface area contributed by atoms with Gasteiger partial charge >= 0.3 is 0 Å². The van der Waals surface area contributed by atoms with Crippen LogP contribution in [0.4, 0.5) is 4.39 Å². The Morgan fingerprint density at radius 1 is 1.22 bits per heavy atom. The van der Waals surface area contributed by atoms with E-state index in [0.717, 1.165) is 15.6 Å². The summed E-state index contributed by atoms with van der Waals surface area (Å²) in [6.45, 7) is 0. The molecule has 2 nitrogen and oxygen atoms in total. The van der Waals surface area contributed by atoms with Gasteiger partial charge in [0.1, 0.15) is 11.5 Å². The molecule has 0 radical (unpaired) electrons. The van der Waals surface area contributed by atoms with Gasteiger partial charge in [0.05, 0.1) is 15.0 Å². The predicted octanol–water partition coefficient (Wildman–Crippen LogP) is 4.56. The number of rotatable bonds is 1. The second-order valence-electron chi connectivity index (χ2n) is 3.85. The fourth-order valence-electron chi connectivity index (χ4n) is 1.81. The third-order valence-corrected chi connectivity index (χ3v) is 3.64. The molecule has 0 bridgehead atoms. The molecule has 0 aliphatic carbocycles. The van der Waals surface area contributed by atoms with Crippen LogP contribution in [0, 0.1) is 5.82 Å². The van der Waals surface area contributed by atoms with Crippen LogP contribution in [0.1, 0.15) is 0 Å². The number of aromatic nitrogens is 2. The lowest BCUT2D eigenvalue weighted by Gasteiger charge is -1.96. The van der Waals surface area contributed by atoms with E-state index < -0.39 is 0 Å². The van der Waals surface area contributed by atoms with Gasteiger partial charge in [-0.2, -0.15) is 5.10 Å². The zero-order chi connectivity index (χ0) is 12.7. The molecule has 0 N–H and O–H groups in total. The standard InChI is InChI=1S/C13H7BrClFN2/c14-12-11-5-4-9(15)7-18(11)17-13(12)8-2-1-3-10(16)6-8/h1-7H. The van der Waals surface area contributed by atoms with Gasteiger partial charge in [-0.3, -0.25) is 0 Å². The first-order valence-corrected chi connectivity index (χ1v) is 6.41. The third-order valence-electron chi connectivity index (χ3n) is 2.63. The van der Waals surface area contributed by atoms with Gasteiger partial charge in [0.15, 0.2) is 0 Å². The van der Waals surface area contributed by atoms with E-state index in [1.54, 1.807) is 22.8 Å². The molecular formula is C13H7BrClFN2. The van der Waals surface area contributed by atoms with Gasteiger partial charge in [-0.25, -0.2) is 8.91 Å². The first-order valence-electron chi connectivity index (χ1n) is 5.24. The third kappa shape index (κ3) is 1.91. The number of benzene rings is 1. The Bertz CT molecular complexity index is 739. The molecule has 0 atom stereocenters. The molecule has 1 aromatic carbocycles. The van der Waals surface area contributed by atoms with E-state index in [0.29, 0.717) is 10.7 Å². The monoisotopic (exact) mass is 324 g/mol. The van der Waals surface area contributed by atoms with Crippen LogP contribution >= 0.6 is 27.5 Å². The maximum atomic E-state index is 13.2.